The molecule has 1 aliphatic rings. The molecule has 0 aliphatic carbocycles. The van der Waals surface area contributed by atoms with Crippen LogP contribution in [0, 0.1) is 5.82 Å². The molecule has 0 bridgehead atoms. The van der Waals surface area contributed by atoms with Gasteiger partial charge in [-0.1, -0.05) is 0 Å². The largest absolute Gasteiger partial charge is 0.478 e. The van der Waals surface area contributed by atoms with Gasteiger partial charge in [0.1, 0.15) is 11.4 Å². The number of aromatic nitrogens is 3. The fourth-order valence-corrected chi connectivity index (χ4v) is 4.36. The Bertz CT molecular complexity index is 1330. The zero-order valence-corrected chi connectivity index (χ0v) is 20.5. The van der Waals surface area contributed by atoms with E-state index in [1.54, 1.807) is 36.3 Å². The van der Waals surface area contributed by atoms with Crippen LogP contribution in [-0.4, -0.2) is 54.9 Å². The summed E-state index contributed by atoms with van der Waals surface area (Å²) in [4.78, 5) is 42.8. The number of carbonyl (C=O) groups excluding carboxylic acids is 1. The van der Waals surface area contributed by atoms with Gasteiger partial charge in [0, 0.05) is 25.4 Å². The Labute approximate surface area is 202 Å². The zero-order valence-electron chi connectivity index (χ0n) is 18.9. The average Bonchev–Trinajstić information content (AvgIpc) is 3.32. The topological polar surface area (TPSA) is 107 Å². The molecule has 9 nitrogen and oxygen atoms in total. The van der Waals surface area contributed by atoms with E-state index in [2.05, 4.69) is 20.9 Å². The van der Waals surface area contributed by atoms with Crippen molar-refractivity contribution in [2.24, 2.45) is 0 Å². The smallest absolute Gasteiger partial charge is 0.410 e. The number of benzene rings is 1. The number of aromatic carboxylic acids is 1. The summed E-state index contributed by atoms with van der Waals surface area (Å²) in [6, 6.07) is 5.45. The SMILES string of the molecule is CC(C)(C)OC(=O)N1CC[C@H](n2c(=O)n(Cc3ccc(C(=O)O)cn3)c3cc(F)c(Br)cc32)C1. The van der Waals surface area contributed by atoms with Crippen molar-refractivity contribution >= 4 is 39.0 Å². The highest BCUT2D eigenvalue weighted by atomic mass is 79.9. The third-order valence-corrected chi connectivity index (χ3v) is 6.18. The molecule has 11 heteroatoms. The predicted molar refractivity (Wildman–Crippen MR) is 126 cm³/mol. The molecule has 1 aromatic carbocycles. The quantitative estimate of drug-likeness (QED) is 0.541. The van der Waals surface area contributed by atoms with Gasteiger partial charge in [-0.25, -0.2) is 18.8 Å². The van der Waals surface area contributed by atoms with E-state index in [1.807, 2.05) is 0 Å². The molecule has 1 saturated heterocycles. The highest BCUT2D eigenvalue weighted by molar-refractivity contribution is 9.10. The lowest BCUT2D eigenvalue weighted by atomic mass is 10.2. The van der Waals surface area contributed by atoms with Crippen molar-refractivity contribution in [1.82, 2.24) is 19.0 Å². The van der Waals surface area contributed by atoms with Crippen molar-refractivity contribution in [3.63, 3.8) is 0 Å². The number of hydrogen-bond acceptors (Lipinski definition) is 5. The van der Waals surface area contributed by atoms with Gasteiger partial charge in [-0.15, -0.1) is 0 Å². The molecule has 1 amide bonds. The van der Waals surface area contributed by atoms with E-state index in [-0.39, 0.29) is 34.9 Å². The Kier molecular flexibility index (Phi) is 6.24. The van der Waals surface area contributed by atoms with E-state index in [9.17, 15) is 18.8 Å². The van der Waals surface area contributed by atoms with E-state index in [1.165, 1.54) is 29.0 Å². The maximum Gasteiger partial charge on any atom is 0.410 e. The van der Waals surface area contributed by atoms with Gasteiger partial charge in [0.25, 0.3) is 0 Å². The monoisotopic (exact) mass is 534 g/mol. The Morgan fingerprint density at radius 1 is 1.26 bits per heavy atom. The summed E-state index contributed by atoms with van der Waals surface area (Å²) in [5.74, 6) is -1.62. The summed E-state index contributed by atoms with van der Waals surface area (Å²) in [5, 5.41) is 9.07. The number of nitrogens with zero attached hydrogens (tertiary/aromatic N) is 4. The number of fused-ring (bicyclic) bond motifs is 1. The normalized spacial score (nSPS) is 16.3. The van der Waals surface area contributed by atoms with Crippen LogP contribution in [0.5, 0.6) is 0 Å². The van der Waals surface area contributed by atoms with Crippen molar-refractivity contribution in [2.75, 3.05) is 13.1 Å². The molecule has 34 heavy (non-hydrogen) atoms. The van der Waals surface area contributed by atoms with Gasteiger partial charge < -0.3 is 14.7 Å². The second-order valence-corrected chi connectivity index (χ2v) is 10.1. The summed E-state index contributed by atoms with van der Waals surface area (Å²) < 4.78 is 23.1. The molecule has 3 aromatic rings. The molecule has 4 rings (SSSR count). The lowest BCUT2D eigenvalue weighted by Crippen LogP contribution is -2.36. The van der Waals surface area contributed by atoms with Gasteiger partial charge in [0.05, 0.1) is 39.4 Å². The highest BCUT2D eigenvalue weighted by Crippen LogP contribution is 2.29. The molecule has 2 aromatic heterocycles. The minimum Gasteiger partial charge on any atom is -0.478 e. The number of hydrogen-bond donors (Lipinski definition) is 1. The molecular weight excluding hydrogens is 511 g/mol. The van der Waals surface area contributed by atoms with Crippen LogP contribution in [0.15, 0.2) is 39.7 Å². The standard InChI is InChI=1S/C23H24BrFN4O5/c1-23(2,3)34-22(33)27-7-6-15(12-27)29-19-8-16(24)17(25)9-18(19)28(21(29)32)11-14-5-4-13(10-26-14)20(30)31/h4-5,8-10,15H,6-7,11-12H2,1-3H3,(H,30,31)/t15-/m0/s1. The number of amides is 1. The first kappa shape index (κ1) is 23.9. The lowest BCUT2D eigenvalue weighted by molar-refractivity contribution is 0.0288. The summed E-state index contributed by atoms with van der Waals surface area (Å²) in [6.07, 6.45) is 1.31. The average molecular weight is 535 g/mol. The van der Waals surface area contributed by atoms with Crippen molar-refractivity contribution < 1.29 is 23.8 Å². The Morgan fingerprint density at radius 2 is 2.00 bits per heavy atom. The second kappa shape index (κ2) is 8.86. The molecule has 3 heterocycles. The van der Waals surface area contributed by atoms with Crippen LogP contribution in [0.2, 0.25) is 0 Å². The third-order valence-electron chi connectivity index (χ3n) is 5.58. The van der Waals surface area contributed by atoms with Crippen LogP contribution in [0.25, 0.3) is 11.0 Å². The van der Waals surface area contributed by atoms with Crippen molar-refractivity contribution in [3.8, 4) is 0 Å². The van der Waals surface area contributed by atoms with Gasteiger partial charge in [-0.3, -0.25) is 14.1 Å². The molecule has 0 radical (unpaired) electrons. The first-order valence-corrected chi connectivity index (χ1v) is 11.5. The molecular formula is C23H24BrFN4O5. The summed E-state index contributed by atoms with van der Waals surface area (Å²) in [5.41, 5.74) is 0.390. The summed E-state index contributed by atoms with van der Waals surface area (Å²) in [7, 11) is 0. The molecule has 0 saturated carbocycles. The second-order valence-electron chi connectivity index (χ2n) is 9.21. The number of ether oxygens (including phenoxy) is 1. The van der Waals surface area contributed by atoms with Gasteiger partial charge in [0.2, 0.25) is 0 Å². The Morgan fingerprint density at radius 3 is 2.62 bits per heavy atom. The number of rotatable bonds is 4. The van der Waals surface area contributed by atoms with Crippen molar-refractivity contribution in [1.29, 1.82) is 0 Å². The van der Waals surface area contributed by atoms with Crippen LogP contribution in [0.1, 0.15) is 49.3 Å². The lowest BCUT2D eigenvalue weighted by Gasteiger charge is -2.24. The Hall–Kier alpha value is -3.21. The van der Waals surface area contributed by atoms with Gasteiger partial charge >= 0.3 is 17.8 Å². The number of halogens is 2. The van der Waals surface area contributed by atoms with E-state index in [4.69, 9.17) is 9.84 Å². The number of carboxylic acid groups (broad SMARTS) is 1. The van der Waals surface area contributed by atoms with Crippen LogP contribution in [0.3, 0.4) is 0 Å². The fraction of sp³-hybridized carbons (Fsp3) is 0.391. The molecule has 1 N–H and O–H groups in total. The highest BCUT2D eigenvalue weighted by Gasteiger charge is 2.33. The predicted octanol–water partition coefficient (Wildman–Crippen LogP) is 4.03. The maximum atomic E-state index is 14.4. The molecule has 0 spiro atoms. The van der Waals surface area contributed by atoms with Crippen LogP contribution in [-0.2, 0) is 11.3 Å². The van der Waals surface area contributed by atoms with E-state index >= 15 is 0 Å². The van der Waals surface area contributed by atoms with E-state index in [0.29, 0.717) is 29.7 Å². The molecule has 0 unspecified atom stereocenters. The van der Waals surface area contributed by atoms with Gasteiger partial charge in [0.15, 0.2) is 0 Å². The summed E-state index contributed by atoms with van der Waals surface area (Å²) >= 11 is 3.20. The maximum absolute atomic E-state index is 14.4. The number of pyridine rings is 1. The summed E-state index contributed by atoms with van der Waals surface area (Å²) in [6.45, 7) is 6.12. The van der Waals surface area contributed by atoms with Crippen LogP contribution < -0.4 is 5.69 Å². The molecule has 1 fully saturated rings. The number of carbonyl (C=O) groups is 2. The Balaban J connectivity index is 1.71. The minimum absolute atomic E-state index is 0.0293. The molecule has 1 aliphatic heterocycles. The number of imidazole rings is 1. The van der Waals surface area contributed by atoms with Crippen molar-refractivity contribution in [2.45, 2.75) is 45.4 Å². The van der Waals surface area contributed by atoms with E-state index < -0.39 is 23.5 Å². The van der Waals surface area contributed by atoms with Crippen molar-refractivity contribution in [3.05, 3.63) is 62.5 Å². The first-order valence-electron chi connectivity index (χ1n) is 10.7. The van der Waals surface area contributed by atoms with Crippen LogP contribution >= 0.6 is 15.9 Å². The minimum atomic E-state index is -1.10. The molecule has 180 valence electrons. The fourth-order valence-electron chi connectivity index (χ4n) is 4.03. The van der Waals surface area contributed by atoms with Gasteiger partial charge in [-0.2, -0.15) is 0 Å². The third kappa shape index (κ3) is 4.70. The van der Waals surface area contributed by atoms with Gasteiger partial charge in [-0.05, 0) is 61.3 Å². The van der Waals surface area contributed by atoms with Crippen LogP contribution in [0.4, 0.5) is 9.18 Å². The number of carboxylic acids is 1. The van der Waals surface area contributed by atoms with E-state index in [0.717, 1.165) is 0 Å². The molecule has 1 atom stereocenters. The zero-order chi connectivity index (χ0) is 24.8. The first-order chi connectivity index (χ1) is 15.9. The number of likely N-dealkylation sites (tertiary alicyclic amines) is 1.